The molecule has 2 nitrogen and oxygen atoms in total. The molecule has 0 spiro atoms. The molecule has 1 aliphatic rings. The molecular formula is C11H14O2S. The summed E-state index contributed by atoms with van der Waals surface area (Å²) in [5, 5.41) is 11.1. The van der Waals surface area contributed by atoms with Gasteiger partial charge < -0.3 is 5.11 Å². The lowest BCUT2D eigenvalue weighted by Gasteiger charge is -2.00. The van der Waals surface area contributed by atoms with Crippen molar-refractivity contribution in [3.05, 3.63) is 21.9 Å². The number of aryl methyl sites for hydroxylation is 1. The Labute approximate surface area is 87.6 Å². The summed E-state index contributed by atoms with van der Waals surface area (Å²) >= 11 is 1.68. The van der Waals surface area contributed by atoms with Crippen molar-refractivity contribution < 1.29 is 9.90 Å². The van der Waals surface area contributed by atoms with Crippen molar-refractivity contribution in [2.24, 2.45) is 11.3 Å². The fourth-order valence-electron chi connectivity index (χ4n) is 2.29. The number of thiophene rings is 1. The highest BCUT2D eigenvalue weighted by Gasteiger charge is 2.63. The zero-order valence-corrected chi connectivity index (χ0v) is 9.39. The quantitative estimate of drug-likeness (QED) is 0.815. The number of hydrogen-bond donors (Lipinski definition) is 1. The summed E-state index contributed by atoms with van der Waals surface area (Å²) in [6, 6.07) is 2.06. The molecule has 1 heterocycles. The summed E-state index contributed by atoms with van der Waals surface area (Å²) in [7, 11) is 0. The van der Waals surface area contributed by atoms with Crippen LogP contribution in [0.3, 0.4) is 0 Å². The molecule has 0 bridgehead atoms. The maximum Gasteiger partial charge on any atom is 0.307 e. The molecule has 0 radical (unpaired) electrons. The lowest BCUT2D eigenvalue weighted by atomic mass is 10.1. The molecule has 1 aromatic rings. The van der Waals surface area contributed by atoms with Crippen LogP contribution in [-0.2, 0) is 4.79 Å². The molecule has 2 rings (SSSR count). The van der Waals surface area contributed by atoms with Crippen LogP contribution >= 0.6 is 11.3 Å². The molecule has 14 heavy (non-hydrogen) atoms. The molecule has 76 valence electrons. The van der Waals surface area contributed by atoms with Crippen molar-refractivity contribution in [1.82, 2.24) is 0 Å². The summed E-state index contributed by atoms with van der Waals surface area (Å²) < 4.78 is 0. The minimum atomic E-state index is -0.659. The lowest BCUT2D eigenvalue weighted by molar-refractivity contribution is -0.139. The summed E-state index contributed by atoms with van der Waals surface area (Å²) in [5.74, 6) is -0.632. The predicted octanol–water partition coefficient (Wildman–Crippen LogP) is 2.88. The van der Waals surface area contributed by atoms with Crippen LogP contribution in [-0.4, -0.2) is 11.1 Å². The van der Waals surface area contributed by atoms with E-state index in [1.807, 2.05) is 19.2 Å². The highest BCUT2D eigenvalue weighted by molar-refractivity contribution is 7.10. The van der Waals surface area contributed by atoms with Gasteiger partial charge in [0.25, 0.3) is 0 Å². The van der Waals surface area contributed by atoms with Crippen molar-refractivity contribution in [3.63, 3.8) is 0 Å². The average molecular weight is 210 g/mol. The van der Waals surface area contributed by atoms with E-state index in [-0.39, 0.29) is 17.3 Å². The second-order valence-electron chi connectivity index (χ2n) is 4.58. The third-order valence-corrected chi connectivity index (χ3v) is 4.38. The Kier molecular flexibility index (Phi) is 1.96. The maximum absolute atomic E-state index is 11.0. The van der Waals surface area contributed by atoms with Gasteiger partial charge in [-0.15, -0.1) is 11.3 Å². The highest BCUT2D eigenvalue weighted by Crippen LogP contribution is 2.65. The van der Waals surface area contributed by atoms with Gasteiger partial charge in [-0.05, 0) is 29.3 Å². The smallest absolute Gasteiger partial charge is 0.307 e. The third kappa shape index (κ3) is 1.19. The van der Waals surface area contributed by atoms with E-state index < -0.39 is 5.97 Å². The van der Waals surface area contributed by atoms with Crippen molar-refractivity contribution in [2.45, 2.75) is 26.7 Å². The van der Waals surface area contributed by atoms with Crippen LogP contribution in [0.1, 0.15) is 30.2 Å². The first kappa shape index (κ1) is 9.71. The Morgan fingerprint density at radius 1 is 1.57 bits per heavy atom. The summed E-state index contributed by atoms with van der Waals surface area (Å²) in [6.07, 6.45) is 0. The third-order valence-electron chi connectivity index (χ3n) is 3.28. The first-order valence-corrected chi connectivity index (χ1v) is 5.61. The van der Waals surface area contributed by atoms with E-state index in [1.54, 1.807) is 11.3 Å². The molecular weight excluding hydrogens is 196 g/mol. The van der Waals surface area contributed by atoms with Crippen molar-refractivity contribution in [3.8, 4) is 0 Å². The Morgan fingerprint density at radius 2 is 2.21 bits per heavy atom. The van der Waals surface area contributed by atoms with Gasteiger partial charge in [0, 0.05) is 10.8 Å². The van der Waals surface area contributed by atoms with Gasteiger partial charge in [-0.2, -0.15) is 0 Å². The normalized spacial score (nSPS) is 28.8. The maximum atomic E-state index is 11.0. The monoisotopic (exact) mass is 210 g/mol. The van der Waals surface area contributed by atoms with Gasteiger partial charge in [0.2, 0.25) is 0 Å². The number of carbonyl (C=O) groups is 1. The van der Waals surface area contributed by atoms with E-state index in [0.717, 1.165) is 0 Å². The van der Waals surface area contributed by atoms with Gasteiger partial charge in [0.15, 0.2) is 0 Å². The standard InChI is InChI=1S/C11H14O2S/c1-6-4-5-14-9(6)7-8(10(12)13)11(7,2)3/h4-5,7-8H,1-3H3,(H,12,13)/t7-,8-/m0/s1. The lowest BCUT2D eigenvalue weighted by Crippen LogP contribution is -2.03. The van der Waals surface area contributed by atoms with Gasteiger partial charge in [-0.1, -0.05) is 13.8 Å². The van der Waals surface area contributed by atoms with Crippen molar-refractivity contribution in [1.29, 1.82) is 0 Å². The SMILES string of the molecule is Cc1ccsc1[C@@H]1[C@@H](C(=O)O)C1(C)C. The molecule has 1 saturated carbocycles. The topological polar surface area (TPSA) is 37.3 Å². The summed E-state index contributed by atoms with van der Waals surface area (Å²) in [4.78, 5) is 12.3. The van der Waals surface area contributed by atoms with E-state index in [9.17, 15) is 4.79 Å². The fraction of sp³-hybridized carbons (Fsp3) is 0.545. The molecule has 1 fully saturated rings. The van der Waals surface area contributed by atoms with E-state index in [2.05, 4.69) is 13.0 Å². The Hall–Kier alpha value is -0.830. The van der Waals surface area contributed by atoms with Crippen LogP contribution in [0.4, 0.5) is 0 Å². The van der Waals surface area contributed by atoms with Crippen LogP contribution < -0.4 is 0 Å². The Bertz CT molecular complexity index is 378. The van der Waals surface area contributed by atoms with Gasteiger partial charge in [0.1, 0.15) is 0 Å². The van der Waals surface area contributed by atoms with Gasteiger partial charge in [-0.25, -0.2) is 0 Å². The molecule has 1 aromatic heterocycles. The molecule has 2 atom stereocenters. The van der Waals surface area contributed by atoms with Gasteiger partial charge in [0.05, 0.1) is 5.92 Å². The largest absolute Gasteiger partial charge is 0.481 e. The number of carboxylic acids is 1. The number of hydrogen-bond acceptors (Lipinski definition) is 2. The zero-order valence-electron chi connectivity index (χ0n) is 8.57. The Morgan fingerprint density at radius 3 is 2.57 bits per heavy atom. The fourth-order valence-corrected chi connectivity index (χ4v) is 3.55. The van der Waals surface area contributed by atoms with E-state index in [0.29, 0.717) is 0 Å². The summed E-state index contributed by atoms with van der Waals surface area (Å²) in [5.41, 5.74) is 1.17. The first-order chi connectivity index (χ1) is 6.46. The highest BCUT2D eigenvalue weighted by atomic mass is 32.1. The van der Waals surface area contributed by atoms with Crippen LogP contribution in [0.25, 0.3) is 0 Å². The van der Waals surface area contributed by atoms with E-state index >= 15 is 0 Å². The zero-order chi connectivity index (χ0) is 10.5. The molecule has 3 heteroatoms. The average Bonchev–Trinajstić information content (AvgIpc) is 2.42. The van der Waals surface area contributed by atoms with Crippen molar-refractivity contribution >= 4 is 17.3 Å². The number of aliphatic carboxylic acids is 1. The molecule has 0 amide bonds. The molecule has 1 N–H and O–H groups in total. The molecule has 0 aromatic carbocycles. The van der Waals surface area contributed by atoms with E-state index in [4.69, 9.17) is 5.11 Å². The molecule has 1 aliphatic carbocycles. The first-order valence-electron chi connectivity index (χ1n) is 4.73. The van der Waals surface area contributed by atoms with Gasteiger partial charge in [-0.3, -0.25) is 4.79 Å². The second-order valence-corrected chi connectivity index (χ2v) is 5.53. The van der Waals surface area contributed by atoms with Crippen molar-refractivity contribution in [2.75, 3.05) is 0 Å². The predicted molar refractivity (Wildman–Crippen MR) is 56.7 cm³/mol. The van der Waals surface area contributed by atoms with Gasteiger partial charge >= 0.3 is 5.97 Å². The summed E-state index contributed by atoms with van der Waals surface area (Å²) in [6.45, 7) is 6.13. The molecule has 0 saturated heterocycles. The van der Waals surface area contributed by atoms with Crippen LogP contribution in [0, 0.1) is 18.3 Å². The minimum Gasteiger partial charge on any atom is -0.481 e. The van der Waals surface area contributed by atoms with E-state index in [1.165, 1.54) is 10.4 Å². The second kappa shape index (κ2) is 2.83. The molecule has 0 unspecified atom stereocenters. The minimum absolute atomic E-state index is 0.0680. The van der Waals surface area contributed by atoms with Crippen LogP contribution in [0.2, 0.25) is 0 Å². The Balaban J connectivity index is 2.32. The van der Waals surface area contributed by atoms with Crippen LogP contribution in [0.15, 0.2) is 11.4 Å². The molecule has 0 aliphatic heterocycles. The number of rotatable bonds is 2. The van der Waals surface area contributed by atoms with Crippen LogP contribution in [0.5, 0.6) is 0 Å². The number of carboxylic acid groups (broad SMARTS) is 1.